The summed E-state index contributed by atoms with van der Waals surface area (Å²) < 4.78 is 29.4. The molecule has 0 amide bonds. The first-order chi connectivity index (χ1) is 13.2. The molecule has 0 radical (unpaired) electrons. The molecule has 1 aromatic carbocycles. The number of benzene rings is 1. The number of carbonyl (C=O) groups is 1. The molecule has 1 saturated carbocycles. The Hall–Kier alpha value is -1.73. The molecule has 4 atom stereocenters. The summed E-state index contributed by atoms with van der Waals surface area (Å²) in [6.07, 6.45) is 6.65. The SMILES string of the molecule is COC(=O)/C=C/[C@H]1O[C@@H]2OC3(CCCCC3)O[C@@H]2[C@H]1OCc1ccccc1. The minimum atomic E-state index is -0.543. The van der Waals surface area contributed by atoms with Crippen LogP contribution in [-0.4, -0.2) is 43.5 Å². The monoisotopic (exact) mass is 374 g/mol. The molecule has 2 heterocycles. The molecule has 146 valence electrons. The minimum Gasteiger partial charge on any atom is -0.466 e. The fraction of sp³-hybridized carbons (Fsp3) is 0.571. The number of methoxy groups -OCH3 is 1. The number of carbonyl (C=O) groups excluding carboxylic acids is 1. The predicted octanol–water partition coefficient (Wildman–Crippen LogP) is 3.10. The van der Waals surface area contributed by atoms with Gasteiger partial charge in [0.15, 0.2) is 12.1 Å². The van der Waals surface area contributed by atoms with Gasteiger partial charge in [-0.15, -0.1) is 0 Å². The second-order valence-electron chi connectivity index (χ2n) is 7.28. The van der Waals surface area contributed by atoms with Crippen molar-refractivity contribution < 1.29 is 28.5 Å². The Morgan fingerprint density at radius 2 is 1.96 bits per heavy atom. The maximum Gasteiger partial charge on any atom is 0.330 e. The summed E-state index contributed by atoms with van der Waals surface area (Å²) in [6, 6.07) is 9.96. The van der Waals surface area contributed by atoms with E-state index in [0.29, 0.717) is 6.61 Å². The second-order valence-corrected chi connectivity index (χ2v) is 7.28. The van der Waals surface area contributed by atoms with Crippen LogP contribution in [0.15, 0.2) is 42.5 Å². The van der Waals surface area contributed by atoms with Gasteiger partial charge in [0.25, 0.3) is 0 Å². The van der Waals surface area contributed by atoms with Gasteiger partial charge in [-0.3, -0.25) is 0 Å². The molecule has 0 N–H and O–H groups in total. The van der Waals surface area contributed by atoms with Crippen LogP contribution in [0.4, 0.5) is 0 Å². The summed E-state index contributed by atoms with van der Waals surface area (Å²) in [4.78, 5) is 11.5. The Morgan fingerprint density at radius 1 is 1.19 bits per heavy atom. The topological polar surface area (TPSA) is 63.2 Å². The van der Waals surface area contributed by atoms with Gasteiger partial charge in [0.1, 0.15) is 18.3 Å². The van der Waals surface area contributed by atoms with Crippen LogP contribution in [0.1, 0.15) is 37.7 Å². The Morgan fingerprint density at radius 3 is 2.70 bits per heavy atom. The Balaban J connectivity index is 1.48. The van der Waals surface area contributed by atoms with Crippen LogP contribution in [0.5, 0.6) is 0 Å². The molecule has 1 aliphatic carbocycles. The maximum absolute atomic E-state index is 11.5. The van der Waals surface area contributed by atoms with Crippen molar-refractivity contribution in [1.82, 2.24) is 0 Å². The van der Waals surface area contributed by atoms with Crippen molar-refractivity contribution in [2.75, 3.05) is 7.11 Å². The third-order valence-corrected chi connectivity index (χ3v) is 5.41. The first-order valence-corrected chi connectivity index (χ1v) is 9.62. The molecular weight excluding hydrogens is 348 g/mol. The summed E-state index contributed by atoms with van der Waals surface area (Å²) >= 11 is 0. The van der Waals surface area contributed by atoms with E-state index in [-0.39, 0.29) is 12.2 Å². The van der Waals surface area contributed by atoms with E-state index in [1.54, 1.807) is 6.08 Å². The summed E-state index contributed by atoms with van der Waals surface area (Å²) in [7, 11) is 1.35. The zero-order chi connectivity index (χ0) is 18.7. The molecule has 3 fully saturated rings. The van der Waals surface area contributed by atoms with Crippen LogP contribution in [0.2, 0.25) is 0 Å². The van der Waals surface area contributed by atoms with E-state index in [9.17, 15) is 4.79 Å². The van der Waals surface area contributed by atoms with E-state index in [1.165, 1.54) is 19.6 Å². The van der Waals surface area contributed by atoms with Gasteiger partial charge in [0.05, 0.1) is 13.7 Å². The summed E-state index contributed by atoms with van der Waals surface area (Å²) in [5.41, 5.74) is 1.07. The fourth-order valence-electron chi connectivity index (χ4n) is 4.04. The molecule has 0 aromatic heterocycles. The highest BCUT2D eigenvalue weighted by Crippen LogP contribution is 2.46. The van der Waals surface area contributed by atoms with Crippen LogP contribution in [-0.2, 0) is 35.1 Å². The third kappa shape index (κ3) is 4.09. The predicted molar refractivity (Wildman–Crippen MR) is 96.6 cm³/mol. The van der Waals surface area contributed by atoms with Gasteiger partial charge >= 0.3 is 5.97 Å². The summed E-state index contributed by atoms with van der Waals surface area (Å²) in [5.74, 6) is -0.970. The standard InChI is InChI=1S/C21H26O6/c1-23-17(22)11-10-16-18(24-14-15-8-4-2-5-9-15)19-20(25-16)27-21(26-19)12-6-3-7-13-21/h2,4-5,8-11,16,18-20H,3,6-7,12-14H2,1H3/b11-10+/t16-,18+,19-,20-/m1/s1. The average Bonchev–Trinajstić information content (AvgIpc) is 3.19. The summed E-state index contributed by atoms with van der Waals surface area (Å²) in [5, 5.41) is 0. The van der Waals surface area contributed by atoms with Crippen LogP contribution in [0, 0.1) is 0 Å². The van der Waals surface area contributed by atoms with Crippen LogP contribution < -0.4 is 0 Å². The Bertz CT molecular complexity index is 667. The smallest absolute Gasteiger partial charge is 0.330 e. The lowest BCUT2D eigenvalue weighted by Crippen LogP contribution is -2.39. The van der Waals surface area contributed by atoms with Crippen molar-refractivity contribution in [1.29, 1.82) is 0 Å². The van der Waals surface area contributed by atoms with Gasteiger partial charge in [0, 0.05) is 18.9 Å². The zero-order valence-corrected chi connectivity index (χ0v) is 15.5. The van der Waals surface area contributed by atoms with Gasteiger partial charge in [-0.25, -0.2) is 4.79 Å². The molecule has 2 aliphatic heterocycles. The van der Waals surface area contributed by atoms with Crippen molar-refractivity contribution in [3.05, 3.63) is 48.0 Å². The molecule has 6 heteroatoms. The molecule has 0 unspecified atom stereocenters. The molecule has 1 aromatic rings. The molecule has 0 bridgehead atoms. The van der Waals surface area contributed by atoms with Crippen LogP contribution in [0.3, 0.4) is 0 Å². The quantitative estimate of drug-likeness (QED) is 0.583. The Labute approximate surface area is 159 Å². The first-order valence-electron chi connectivity index (χ1n) is 9.62. The highest BCUT2D eigenvalue weighted by molar-refractivity contribution is 5.81. The number of ether oxygens (including phenoxy) is 5. The fourth-order valence-corrected chi connectivity index (χ4v) is 4.04. The number of hydrogen-bond acceptors (Lipinski definition) is 6. The Kier molecular flexibility index (Phi) is 5.59. The molecular formula is C21H26O6. The molecule has 4 rings (SSSR count). The van der Waals surface area contributed by atoms with E-state index < -0.39 is 24.2 Å². The number of rotatable bonds is 5. The van der Waals surface area contributed by atoms with Gasteiger partial charge in [-0.05, 0) is 24.5 Å². The van der Waals surface area contributed by atoms with E-state index in [4.69, 9.17) is 18.9 Å². The molecule has 27 heavy (non-hydrogen) atoms. The van der Waals surface area contributed by atoms with E-state index in [1.807, 2.05) is 30.3 Å². The van der Waals surface area contributed by atoms with Crippen molar-refractivity contribution >= 4 is 5.97 Å². The third-order valence-electron chi connectivity index (χ3n) is 5.41. The number of hydrogen-bond donors (Lipinski definition) is 0. The lowest BCUT2D eigenvalue weighted by atomic mass is 9.94. The molecule has 6 nitrogen and oxygen atoms in total. The molecule has 3 aliphatic rings. The van der Waals surface area contributed by atoms with Gasteiger partial charge in [-0.2, -0.15) is 0 Å². The van der Waals surface area contributed by atoms with Gasteiger partial charge < -0.3 is 23.7 Å². The second kappa shape index (κ2) is 8.10. The minimum absolute atomic E-state index is 0.306. The van der Waals surface area contributed by atoms with Crippen molar-refractivity contribution in [2.24, 2.45) is 0 Å². The van der Waals surface area contributed by atoms with Gasteiger partial charge in [0.2, 0.25) is 0 Å². The van der Waals surface area contributed by atoms with E-state index >= 15 is 0 Å². The van der Waals surface area contributed by atoms with Crippen LogP contribution in [0.25, 0.3) is 0 Å². The van der Waals surface area contributed by atoms with Crippen LogP contribution >= 0.6 is 0 Å². The molecule has 2 saturated heterocycles. The zero-order valence-electron chi connectivity index (χ0n) is 15.5. The van der Waals surface area contributed by atoms with Crippen molar-refractivity contribution in [3.63, 3.8) is 0 Å². The summed E-state index contributed by atoms with van der Waals surface area (Å²) in [6.45, 7) is 0.441. The number of fused-ring (bicyclic) bond motifs is 1. The van der Waals surface area contributed by atoms with Gasteiger partial charge in [-0.1, -0.05) is 36.8 Å². The van der Waals surface area contributed by atoms with Crippen molar-refractivity contribution in [2.45, 2.75) is 69.1 Å². The lowest BCUT2D eigenvalue weighted by molar-refractivity contribution is -0.244. The van der Waals surface area contributed by atoms with E-state index in [0.717, 1.165) is 31.2 Å². The van der Waals surface area contributed by atoms with Crippen molar-refractivity contribution in [3.8, 4) is 0 Å². The lowest BCUT2D eigenvalue weighted by Gasteiger charge is -2.33. The number of esters is 1. The maximum atomic E-state index is 11.5. The molecule has 1 spiro atoms. The largest absolute Gasteiger partial charge is 0.466 e. The first kappa shape index (κ1) is 18.6. The highest BCUT2D eigenvalue weighted by Gasteiger charge is 2.57. The normalized spacial score (nSPS) is 32.0. The highest BCUT2D eigenvalue weighted by atomic mass is 16.8. The van der Waals surface area contributed by atoms with E-state index in [2.05, 4.69) is 4.74 Å². The average molecular weight is 374 g/mol.